The summed E-state index contributed by atoms with van der Waals surface area (Å²) in [6.07, 6.45) is 1.41. The third-order valence-corrected chi connectivity index (χ3v) is 4.32. The third-order valence-electron chi connectivity index (χ3n) is 4.32. The average Bonchev–Trinajstić information content (AvgIpc) is 2.93. The molecule has 2 aliphatic rings. The van der Waals surface area contributed by atoms with Gasteiger partial charge in [0.1, 0.15) is 23.7 Å². The predicted octanol–water partition coefficient (Wildman–Crippen LogP) is 1.69. The molecule has 2 saturated heterocycles. The molecule has 0 spiro atoms. The Morgan fingerprint density at radius 1 is 1.19 bits per heavy atom. The van der Waals surface area contributed by atoms with Crippen LogP contribution < -0.4 is 0 Å². The fourth-order valence-corrected chi connectivity index (χ4v) is 3.11. The summed E-state index contributed by atoms with van der Waals surface area (Å²) in [5, 5.41) is 0. The molecule has 2 aliphatic heterocycles. The van der Waals surface area contributed by atoms with Gasteiger partial charge in [0.2, 0.25) is 11.8 Å². The van der Waals surface area contributed by atoms with E-state index >= 15 is 0 Å². The quantitative estimate of drug-likeness (QED) is 0.833. The van der Waals surface area contributed by atoms with E-state index in [0.29, 0.717) is 13.0 Å². The SMILES string of the molecule is C[C@H]1C(=O)N2CCC[C@@H]2C(=O)N1Cc1c(F)cccc1F. The van der Waals surface area contributed by atoms with E-state index in [4.69, 9.17) is 0 Å². The monoisotopic (exact) mass is 294 g/mol. The molecule has 112 valence electrons. The minimum Gasteiger partial charge on any atom is -0.329 e. The molecule has 0 unspecified atom stereocenters. The van der Waals surface area contributed by atoms with Gasteiger partial charge in [-0.2, -0.15) is 0 Å². The molecule has 2 heterocycles. The molecule has 21 heavy (non-hydrogen) atoms. The van der Waals surface area contributed by atoms with Gasteiger partial charge in [0.05, 0.1) is 6.54 Å². The van der Waals surface area contributed by atoms with Gasteiger partial charge in [0.15, 0.2) is 0 Å². The average molecular weight is 294 g/mol. The van der Waals surface area contributed by atoms with Crippen LogP contribution in [0.5, 0.6) is 0 Å². The highest BCUT2D eigenvalue weighted by molar-refractivity contribution is 5.97. The molecule has 0 aromatic heterocycles. The van der Waals surface area contributed by atoms with E-state index in [0.717, 1.165) is 18.6 Å². The van der Waals surface area contributed by atoms with E-state index in [2.05, 4.69) is 0 Å². The fraction of sp³-hybridized carbons (Fsp3) is 0.467. The van der Waals surface area contributed by atoms with Crippen LogP contribution in [-0.2, 0) is 16.1 Å². The number of carbonyl (C=O) groups excluding carboxylic acids is 2. The molecule has 2 atom stereocenters. The van der Waals surface area contributed by atoms with Crippen LogP contribution in [-0.4, -0.2) is 40.2 Å². The van der Waals surface area contributed by atoms with E-state index in [-0.39, 0.29) is 23.9 Å². The highest BCUT2D eigenvalue weighted by Crippen LogP contribution is 2.28. The lowest BCUT2D eigenvalue weighted by Crippen LogP contribution is -2.61. The van der Waals surface area contributed by atoms with Crippen LogP contribution >= 0.6 is 0 Å². The number of carbonyl (C=O) groups is 2. The normalized spacial score (nSPS) is 25.5. The van der Waals surface area contributed by atoms with Crippen molar-refractivity contribution in [1.29, 1.82) is 0 Å². The van der Waals surface area contributed by atoms with Crippen molar-refractivity contribution in [3.8, 4) is 0 Å². The highest BCUT2D eigenvalue weighted by atomic mass is 19.1. The van der Waals surface area contributed by atoms with Gasteiger partial charge in [-0.25, -0.2) is 8.78 Å². The Kier molecular flexibility index (Phi) is 3.39. The van der Waals surface area contributed by atoms with Crippen molar-refractivity contribution in [2.75, 3.05) is 6.54 Å². The second-order valence-electron chi connectivity index (χ2n) is 5.53. The second kappa shape index (κ2) is 5.09. The van der Waals surface area contributed by atoms with Crippen molar-refractivity contribution < 1.29 is 18.4 Å². The summed E-state index contributed by atoms with van der Waals surface area (Å²) in [5.41, 5.74) is -0.169. The van der Waals surface area contributed by atoms with Crippen LogP contribution in [0.1, 0.15) is 25.3 Å². The fourth-order valence-electron chi connectivity index (χ4n) is 3.11. The van der Waals surface area contributed by atoms with Crippen molar-refractivity contribution in [3.63, 3.8) is 0 Å². The summed E-state index contributed by atoms with van der Waals surface area (Å²) in [6, 6.07) is 2.43. The van der Waals surface area contributed by atoms with E-state index in [1.165, 1.54) is 11.0 Å². The number of nitrogens with zero attached hydrogens (tertiary/aromatic N) is 2. The summed E-state index contributed by atoms with van der Waals surface area (Å²) in [7, 11) is 0. The Morgan fingerprint density at radius 2 is 1.86 bits per heavy atom. The standard InChI is InChI=1S/C15H16F2N2O2/c1-9-14(20)18-7-3-6-13(18)15(21)19(9)8-10-11(16)4-2-5-12(10)17/h2,4-5,9,13H,3,6-8H2,1H3/t9-,13+/m0/s1. The first kappa shape index (κ1) is 14.0. The second-order valence-corrected chi connectivity index (χ2v) is 5.53. The minimum atomic E-state index is -0.698. The third kappa shape index (κ3) is 2.18. The molecule has 1 aromatic carbocycles. The van der Waals surface area contributed by atoms with Gasteiger partial charge < -0.3 is 9.80 Å². The molecule has 0 bridgehead atoms. The number of hydrogen-bond donors (Lipinski definition) is 0. The number of hydrogen-bond acceptors (Lipinski definition) is 2. The maximum absolute atomic E-state index is 13.8. The summed E-state index contributed by atoms with van der Waals surface area (Å²) >= 11 is 0. The number of amides is 2. The van der Waals surface area contributed by atoms with E-state index in [9.17, 15) is 18.4 Å². The zero-order valence-corrected chi connectivity index (χ0v) is 11.7. The number of fused-ring (bicyclic) bond motifs is 1. The lowest BCUT2D eigenvalue weighted by Gasteiger charge is -2.41. The van der Waals surface area contributed by atoms with E-state index < -0.39 is 23.7 Å². The Hall–Kier alpha value is -1.98. The van der Waals surface area contributed by atoms with Gasteiger partial charge in [-0.15, -0.1) is 0 Å². The summed E-state index contributed by atoms with van der Waals surface area (Å²) in [5.74, 6) is -1.76. The number of halogens is 2. The number of rotatable bonds is 2. The number of piperazine rings is 1. The topological polar surface area (TPSA) is 40.6 Å². The van der Waals surface area contributed by atoms with Crippen molar-refractivity contribution in [3.05, 3.63) is 35.4 Å². The molecule has 2 fully saturated rings. The smallest absolute Gasteiger partial charge is 0.246 e. The van der Waals surface area contributed by atoms with Crippen molar-refractivity contribution in [1.82, 2.24) is 9.80 Å². The maximum atomic E-state index is 13.8. The minimum absolute atomic E-state index is 0.145. The van der Waals surface area contributed by atoms with Crippen LogP contribution in [0.25, 0.3) is 0 Å². The summed E-state index contributed by atoms with van der Waals surface area (Å²) < 4.78 is 27.5. The molecule has 0 saturated carbocycles. The molecule has 3 rings (SSSR count). The van der Waals surface area contributed by atoms with Crippen molar-refractivity contribution >= 4 is 11.8 Å². The summed E-state index contributed by atoms with van der Waals surface area (Å²) in [6.45, 7) is 1.98. The van der Waals surface area contributed by atoms with Crippen LogP contribution in [0.2, 0.25) is 0 Å². The van der Waals surface area contributed by atoms with Crippen LogP contribution in [0.15, 0.2) is 18.2 Å². The molecule has 0 aliphatic carbocycles. The van der Waals surface area contributed by atoms with Crippen LogP contribution in [0, 0.1) is 11.6 Å². The highest BCUT2D eigenvalue weighted by Gasteiger charge is 2.46. The largest absolute Gasteiger partial charge is 0.329 e. The Bertz CT molecular complexity index is 585. The van der Waals surface area contributed by atoms with E-state index in [1.54, 1.807) is 11.8 Å². The lowest BCUT2D eigenvalue weighted by atomic mass is 10.0. The van der Waals surface area contributed by atoms with Gasteiger partial charge in [0, 0.05) is 12.1 Å². The zero-order valence-electron chi connectivity index (χ0n) is 11.7. The van der Waals surface area contributed by atoms with Gasteiger partial charge in [-0.1, -0.05) is 6.07 Å². The van der Waals surface area contributed by atoms with Gasteiger partial charge in [-0.05, 0) is 31.9 Å². The lowest BCUT2D eigenvalue weighted by molar-refractivity contribution is -0.159. The Morgan fingerprint density at radius 3 is 2.52 bits per heavy atom. The molecular weight excluding hydrogens is 278 g/mol. The molecule has 6 heteroatoms. The van der Waals surface area contributed by atoms with Crippen LogP contribution in [0.3, 0.4) is 0 Å². The zero-order chi connectivity index (χ0) is 15.1. The molecule has 1 aromatic rings. The molecule has 0 N–H and O–H groups in total. The first-order valence-electron chi connectivity index (χ1n) is 7.04. The van der Waals surface area contributed by atoms with Crippen molar-refractivity contribution in [2.24, 2.45) is 0 Å². The first-order chi connectivity index (χ1) is 10.0. The van der Waals surface area contributed by atoms with Gasteiger partial charge in [0.25, 0.3) is 0 Å². The predicted molar refractivity (Wildman–Crippen MR) is 71.1 cm³/mol. The first-order valence-corrected chi connectivity index (χ1v) is 7.04. The van der Waals surface area contributed by atoms with E-state index in [1.807, 2.05) is 0 Å². The van der Waals surface area contributed by atoms with Gasteiger partial charge in [-0.3, -0.25) is 9.59 Å². The molecule has 4 nitrogen and oxygen atoms in total. The molecule has 0 radical (unpaired) electrons. The van der Waals surface area contributed by atoms with Crippen molar-refractivity contribution in [2.45, 2.75) is 38.4 Å². The maximum Gasteiger partial charge on any atom is 0.246 e. The Labute approximate surface area is 121 Å². The molecular formula is C15H16F2N2O2. The number of benzene rings is 1. The van der Waals surface area contributed by atoms with Gasteiger partial charge >= 0.3 is 0 Å². The van der Waals surface area contributed by atoms with Crippen LogP contribution in [0.4, 0.5) is 8.78 Å². The molecule has 2 amide bonds. The Balaban J connectivity index is 1.91. The summed E-state index contributed by atoms with van der Waals surface area (Å²) in [4.78, 5) is 27.6.